The van der Waals surface area contributed by atoms with Gasteiger partial charge in [0.25, 0.3) is 0 Å². The quantitative estimate of drug-likeness (QED) is 0.815. The van der Waals surface area contributed by atoms with Gasteiger partial charge in [-0.2, -0.15) is 0 Å². The Bertz CT molecular complexity index is 701. The lowest BCUT2D eigenvalue weighted by atomic mass is 9.97. The van der Waals surface area contributed by atoms with E-state index >= 15 is 0 Å². The van der Waals surface area contributed by atoms with Crippen LogP contribution in [-0.2, 0) is 5.60 Å². The smallest absolute Gasteiger partial charge is 0.162 e. The first-order valence-corrected chi connectivity index (χ1v) is 7.28. The van der Waals surface area contributed by atoms with Crippen molar-refractivity contribution >= 4 is 5.78 Å². The maximum Gasteiger partial charge on any atom is 0.162 e. The van der Waals surface area contributed by atoms with Gasteiger partial charge in [-0.15, -0.1) is 0 Å². The number of hydrogen-bond acceptors (Lipinski definition) is 2. The monoisotopic (exact) mass is 320 g/mol. The number of rotatable bonds is 2. The van der Waals surface area contributed by atoms with Crippen molar-refractivity contribution in [1.82, 2.24) is 0 Å². The van der Waals surface area contributed by atoms with Crippen LogP contribution >= 0.6 is 0 Å². The van der Waals surface area contributed by atoms with E-state index in [0.29, 0.717) is 5.56 Å². The van der Waals surface area contributed by atoms with Gasteiger partial charge in [-0.25, -0.2) is 8.78 Å². The van der Waals surface area contributed by atoms with E-state index in [1.807, 2.05) is 6.92 Å². The number of carbonyl (C=O) groups is 1. The number of Topliss-reactive ketones (excluding diaryl/α,β-unsaturated/α-hetero) is 1. The summed E-state index contributed by atoms with van der Waals surface area (Å²) in [6.45, 7) is 8.10. The highest BCUT2D eigenvalue weighted by Crippen LogP contribution is 2.23. The Labute approximate surface area is 135 Å². The Kier molecular flexibility index (Phi) is 6.16. The van der Waals surface area contributed by atoms with Gasteiger partial charge >= 0.3 is 0 Å². The van der Waals surface area contributed by atoms with Gasteiger partial charge in [0, 0.05) is 5.56 Å². The summed E-state index contributed by atoms with van der Waals surface area (Å²) in [6.07, 6.45) is 0. The normalized spacial score (nSPS) is 10.8. The van der Waals surface area contributed by atoms with Crippen molar-refractivity contribution in [3.8, 4) is 0 Å². The Morgan fingerprint density at radius 3 is 1.83 bits per heavy atom. The van der Waals surface area contributed by atoms with Crippen LogP contribution in [0.2, 0.25) is 0 Å². The van der Waals surface area contributed by atoms with Crippen LogP contribution in [0.15, 0.2) is 36.4 Å². The van der Waals surface area contributed by atoms with Gasteiger partial charge in [-0.1, -0.05) is 18.2 Å². The molecule has 0 spiro atoms. The molecule has 2 aromatic carbocycles. The van der Waals surface area contributed by atoms with Gasteiger partial charge in [0.15, 0.2) is 5.78 Å². The van der Waals surface area contributed by atoms with Crippen molar-refractivity contribution in [3.05, 3.63) is 70.3 Å². The summed E-state index contributed by atoms with van der Waals surface area (Å²) >= 11 is 0. The number of carbonyl (C=O) groups excluding carboxylic acids is 1. The third-order valence-electron chi connectivity index (χ3n) is 3.29. The van der Waals surface area contributed by atoms with Gasteiger partial charge in [0.2, 0.25) is 0 Å². The molecule has 0 heterocycles. The summed E-state index contributed by atoms with van der Waals surface area (Å²) in [4.78, 5) is 10.7. The van der Waals surface area contributed by atoms with Crippen molar-refractivity contribution in [1.29, 1.82) is 0 Å². The van der Waals surface area contributed by atoms with Crippen LogP contribution in [-0.4, -0.2) is 10.9 Å². The maximum absolute atomic E-state index is 13.2. The Balaban J connectivity index is 0.000000231. The summed E-state index contributed by atoms with van der Waals surface area (Å²) in [7, 11) is 0. The van der Waals surface area contributed by atoms with E-state index in [1.54, 1.807) is 39.0 Å². The first-order valence-electron chi connectivity index (χ1n) is 7.28. The highest BCUT2D eigenvalue weighted by Gasteiger charge is 2.19. The topological polar surface area (TPSA) is 37.3 Å². The zero-order valence-electron chi connectivity index (χ0n) is 14.1. The van der Waals surface area contributed by atoms with Gasteiger partial charge in [-0.05, 0) is 63.9 Å². The fraction of sp³-hybridized carbons (Fsp3) is 0.316. The summed E-state index contributed by atoms with van der Waals surface area (Å²) in [5.41, 5.74) is 1.09. The van der Waals surface area contributed by atoms with E-state index in [0.717, 1.165) is 11.1 Å². The van der Waals surface area contributed by atoms with Crippen LogP contribution in [0, 0.1) is 25.5 Å². The second kappa shape index (κ2) is 7.47. The molecule has 2 rings (SSSR count). The van der Waals surface area contributed by atoms with Crippen molar-refractivity contribution in [2.45, 2.75) is 40.2 Å². The zero-order valence-corrected chi connectivity index (χ0v) is 14.1. The predicted octanol–water partition coefficient (Wildman–Crippen LogP) is 4.70. The van der Waals surface area contributed by atoms with E-state index in [9.17, 15) is 18.7 Å². The predicted molar refractivity (Wildman–Crippen MR) is 87.5 cm³/mol. The Morgan fingerprint density at radius 2 is 1.43 bits per heavy atom. The molecular weight excluding hydrogens is 298 g/mol. The third-order valence-corrected chi connectivity index (χ3v) is 3.29. The minimum atomic E-state index is -1.10. The molecule has 0 aliphatic rings. The average molecular weight is 320 g/mol. The molecule has 0 unspecified atom stereocenters. The van der Waals surface area contributed by atoms with E-state index in [1.165, 1.54) is 25.1 Å². The Morgan fingerprint density at radius 1 is 0.957 bits per heavy atom. The van der Waals surface area contributed by atoms with Gasteiger partial charge in [0.05, 0.1) is 11.2 Å². The zero-order chi connectivity index (χ0) is 17.8. The number of halogens is 2. The molecule has 0 saturated carbocycles. The third kappa shape index (κ3) is 5.57. The summed E-state index contributed by atoms with van der Waals surface area (Å²) in [6, 6.07) is 9.41. The molecule has 0 aromatic heterocycles. The molecule has 0 aliphatic carbocycles. The van der Waals surface area contributed by atoms with Crippen molar-refractivity contribution < 1.29 is 18.7 Å². The lowest BCUT2D eigenvalue weighted by Crippen LogP contribution is -2.17. The molecule has 4 heteroatoms. The van der Waals surface area contributed by atoms with Crippen LogP contribution in [0.4, 0.5) is 8.78 Å². The largest absolute Gasteiger partial charge is 0.386 e. The fourth-order valence-corrected chi connectivity index (χ4v) is 2.02. The molecule has 2 nitrogen and oxygen atoms in total. The van der Waals surface area contributed by atoms with E-state index in [2.05, 4.69) is 0 Å². The minimum Gasteiger partial charge on any atom is -0.386 e. The molecule has 0 fully saturated rings. The fourth-order valence-electron chi connectivity index (χ4n) is 2.02. The molecule has 0 amide bonds. The van der Waals surface area contributed by atoms with Crippen molar-refractivity contribution in [3.63, 3.8) is 0 Å². The highest BCUT2D eigenvalue weighted by atomic mass is 19.1. The average Bonchev–Trinajstić information content (AvgIpc) is 2.36. The van der Waals surface area contributed by atoms with Crippen LogP contribution in [0.5, 0.6) is 0 Å². The standard InChI is InChI=1S/C10H13FO.C9H9FO/c1-7-4-5-8(9(11)6-7)10(2,3)12;1-6-3-4-8(7(2)11)9(10)5-6/h4-6,12H,1-3H3;3-5H,1-2H3. The number of hydrogen-bond donors (Lipinski definition) is 1. The van der Waals surface area contributed by atoms with E-state index < -0.39 is 11.4 Å². The summed E-state index contributed by atoms with van der Waals surface area (Å²) in [5, 5.41) is 9.52. The first-order chi connectivity index (χ1) is 10.5. The lowest BCUT2D eigenvalue weighted by Gasteiger charge is -2.18. The molecule has 0 atom stereocenters. The van der Waals surface area contributed by atoms with Crippen LogP contribution in [0.25, 0.3) is 0 Å². The molecule has 23 heavy (non-hydrogen) atoms. The first kappa shape index (κ1) is 19.0. The second-order valence-electron chi connectivity index (χ2n) is 6.08. The highest BCUT2D eigenvalue weighted by molar-refractivity contribution is 5.94. The molecule has 2 aromatic rings. The van der Waals surface area contributed by atoms with Crippen molar-refractivity contribution in [2.75, 3.05) is 0 Å². The molecule has 124 valence electrons. The summed E-state index contributed by atoms with van der Waals surface area (Å²) < 4.78 is 26.1. The molecule has 1 N–H and O–H groups in total. The minimum absolute atomic E-state index is 0.163. The SMILES string of the molecule is CC(=O)c1ccc(C)cc1F.Cc1ccc(C(C)(C)O)c(F)c1. The Hall–Kier alpha value is -2.07. The van der Waals surface area contributed by atoms with Gasteiger partial charge in [0.1, 0.15) is 11.6 Å². The second-order valence-corrected chi connectivity index (χ2v) is 6.08. The number of benzene rings is 2. The van der Waals surface area contributed by atoms with Crippen LogP contribution < -0.4 is 0 Å². The van der Waals surface area contributed by atoms with Crippen molar-refractivity contribution in [2.24, 2.45) is 0 Å². The van der Waals surface area contributed by atoms with Crippen LogP contribution in [0.1, 0.15) is 47.8 Å². The molecule has 0 saturated heterocycles. The molecule has 0 radical (unpaired) electrons. The molecular formula is C19H22F2O2. The van der Waals surface area contributed by atoms with Crippen LogP contribution in [0.3, 0.4) is 0 Å². The maximum atomic E-state index is 13.2. The van der Waals surface area contributed by atoms with Gasteiger partial charge < -0.3 is 5.11 Å². The number of ketones is 1. The molecule has 0 bridgehead atoms. The van der Waals surface area contributed by atoms with Gasteiger partial charge in [-0.3, -0.25) is 4.79 Å². The van der Waals surface area contributed by atoms with E-state index in [-0.39, 0.29) is 17.2 Å². The lowest BCUT2D eigenvalue weighted by molar-refractivity contribution is 0.0745. The van der Waals surface area contributed by atoms with E-state index in [4.69, 9.17) is 0 Å². The summed E-state index contributed by atoms with van der Waals surface area (Å²) in [5.74, 6) is -1.01. The number of aryl methyl sites for hydroxylation is 2. The molecule has 0 aliphatic heterocycles. The number of aliphatic hydroxyl groups is 1.